The number of benzene rings is 2. The minimum Gasteiger partial charge on any atom is -0.493 e. The molecular formula is C16H16O3. The molecule has 2 aromatic carbocycles. The van der Waals surface area contributed by atoms with Gasteiger partial charge >= 0.3 is 5.97 Å². The van der Waals surface area contributed by atoms with Crippen LogP contribution in [-0.4, -0.2) is 19.7 Å². The summed E-state index contributed by atoms with van der Waals surface area (Å²) in [5, 5.41) is 2.43. The fourth-order valence-electron chi connectivity index (χ4n) is 2.67. The fraction of sp³-hybridized carbons (Fsp3) is 0.312. The van der Waals surface area contributed by atoms with Crippen molar-refractivity contribution in [2.24, 2.45) is 5.92 Å². The molecule has 98 valence electrons. The van der Waals surface area contributed by atoms with Crippen molar-refractivity contribution in [1.82, 2.24) is 0 Å². The number of hydrogen-bond acceptors (Lipinski definition) is 3. The molecule has 0 bridgehead atoms. The highest BCUT2D eigenvalue weighted by Gasteiger charge is 2.24. The average molecular weight is 256 g/mol. The van der Waals surface area contributed by atoms with Gasteiger partial charge in [0.25, 0.3) is 0 Å². The van der Waals surface area contributed by atoms with Gasteiger partial charge in [-0.1, -0.05) is 30.3 Å². The molecule has 0 N–H and O–H groups in total. The lowest BCUT2D eigenvalue weighted by Crippen LogP contribution is -2.24. The van der Waals surface area contributed by atoms with Crippen LogP contribution in [0.1, 0.15) is 12.0 Å². The number of methoxy groups -OCH3 is 1. The first-order valence-corrected chi connectivity index (χ1v) is 6.48. The summed E-state index contributed by atoms with van der Waals surface area (Å²) in [6.07, 6.45) is 1.28. The highest BCUT2D eigenvalue weighted by atomic mass is 16.5. The highest BCUT2D eigenvalue weighted by Crippen LogP contribution is 2.34. The van der Waals surface area contributed by atoms with Crippen LogP contribution in [0.15, 0.2) is 36.4 Å². The normalized spacial score (nSPS) is 17.6. The lowest BCUT2D eigenvalue weighted by atomic mass is 9.90. The summed E-state index contributed by atoms with van der Waals surface area (Å²) in [5.74, 6) is 0.975. The number of hydrogen-bond donors (Lipinski definition) is 0. The SMILES string of the molecule is COC(=O)CC1COc2ccc3ccccc3c2C1. The average Bonchev–Trinajstić information content (AvgIpc) is 2.47. The zero-order valence-corrected chi connectivity index (χ0v) is 10.9. The standard InChI is InChI=1S/C16H16O3/c1-18-16(17)9-11-8-14-13-5-3-2-4-12(13)6-7-15(14)19-10-11/h2-7,11H,8-10H2,1H3. The Hall–Kier alpha value is -2.03. The van der Waals surface area contributed by atoms with Gasteiger partial charge in [-0.25, -0.2) is 0 Å². The summed E-state index contributed by atoms with van der Waals surface area (Å²) in [7, 11) is 1.43. The number of rotatable bonds is 2. The predicted octanol–water partition coefficient (Wildman–Crippen LogP) is 2.95. The Balaban J connectivity index is 1.94. The first kappa shape index (κ1) is 12.0. The van der Waals surface area contributed by atoms with E-state index >= 15 is 0 Å². The third kappa shape index (κ3) is 2.28. The molecule has 0 fully saturated rings. The molecule has 3 rings (SSSR count). The van der Waals surface area contributed by atoms with Gasteiger partial charge in [-0.2, -0.15) is 0 Å². The number of ether oxygens (including phenoxy) is 2. The second-order valence-electron chi connectivity index (χ2n) is 4.92. The number of carbonyl (C=O) groups excluding carboxylic acids is 1. The minimum absolute atomic E-state index is 0.169. The van der Waals surface area contributed by atoms with E-state index in [1.54, 1.807) is 0 Å². The molecule has 1 atom stereocenters. The monoisotopic (exact) mass is 256 g/mol. The molecule has 1 aliphatic heterocycles. The molecule has 0 amide bonds. The van der Waals surface area contributed by atoms with Crippen LogP contribution in [0.3, 0.4) is 0 Å². The molecule has 1 heterocycles. The Morgan fingerprint density at radius 1 is 1.32 bits per heavy atom. The van der Waals surface area contributed by atoms with Crippen molar-refractivity contribution >= 4 is 16.7 Å². The Morgan fingerprint density at radius 3 is 3.00 bits per heavy atom. The molecule has 3 nitrogen and oxygen atoms in total. The van der Waals surface area contributed by atoms with Crippen LogP contribution < -0.4 is 4.74 Å². The van der Waals surface area contributed by atoms with Crippen molar-refractivity contribution in [3.05, 3.63) is 42.0 Å². The third-order valence-corrected chi connectivity index (χ3v) is 3.65. The molecule has 19 heavy (non-hydrogen) atoms. The largest absolute Gasteiger partial charge is 0.493 e. The van der Waals surface area contributed by atoms with Gasteiger partial charge in [-0.3, -0.25) is 4.79 Å². The molecule has 0 aliphatic carbocycles. The van der Waals surface area contributed by atoms with Crippen LogP contribution in [-0.2, 0) is 16.0 Å². The zero-order valence-electron chi connectivity index (χ0n) is 10.9. The van der Waals surface area contributed by atoms with Crippen molar-refractivity contribution < 1.29 is 14.3 Å². The van der Waals surface area contributed by atoms with Crippen LogP contribution in [0.4, 0.5) is 0 Å². The maximum Gasteiger partial charge on any atom is 0.305 e. The van der Waals surface area contributed by atoms with Gasteiger partial charge in [-0.05, 0) is 23.3 Å². The van der Waals surface area contributed by atoms with Crippen molar-refractivity contribution in [3.8, 4) is 5.75 Å². The molecule has 0 spiro atoms. The first-order chi connectivity index (χ1) is 9.28. The summed E-state index contributed by atoms with van der Waals surface area (Å²) in [6, 6.07) is 12.4. The van der Waals surface area contributed by atoms with E-state index in [4.69, 9.17) is 9.47 Å². The predicted molar refractivity (Wildman–Crippen MR) is 73.3 cm³/mol. The molecule has 3 heteroatoms. The summed E-state index contributed by atoms with van der Waals surface area (Å²) in [6.45, 7) is 0.584. The van der Waals surface area contributed by atoms with E-state index in [1.807, 2.05) is 18.2 Å². The number of carbonyl (C=O) groups is 1. The Bertz CT molecular complexity index is 618. The fourth-order valence-corrected chi connectivity index (χ4v) is 2.67. The smallest absolute Gasteiger partial charge is 0.305 e. The van der Waals surface area contributed by atoms with Gasteiger partial charge in [0, 0.05) is 11.5 Å². The van der Waals surface area contributed by atoms with Gasteiger partial charge in [0.1, 0.15) is 5.75 Å². The van der Waals surface area contributed by atoms with E-state index in [2.05, 4.69) is 18.2 Å². The van der Waals surface area contributed by atoms with Gasteiger partial charge in [-0.15, -0.1) is 0 Å². The maximum atomic E-state index is 11.4. The van der Waals surface area contributed by atoms with E-state index in [1.165, 1.54) is 23.4 Å². The van der Waals surface area contributed by atoms with Crippen LogP contribution in [0, 0.1) is 5.92 Å². The molecule has 1 aliphatic rings. The summed E-state index contributed by atoms with van der Waals surface area (Å²) < 4.78 is 10.5. The van der Waals surface area contributed by atoms with Crippen LogP contribution in [0.25, 0.3) is 10.8 Å². The van der Waals surface area contributed by atoms with Crippen molar-refractivity contribution in [2.75, 3.05) is 13.7 Å². The second-order valence-corrected chi connectivity index (χ2v) is 4.92. The Labute approximate surface area is 112 Å². The molecule has 0 radical (unpaired) electrons. The topological polar surface area (TPSA) is 35.5 Å². The van der Waals surface area contributed by atoms with E-state index in [0.29, 0.717) is 13.0 Å². The quantitative estimate of drug-likeness (QED) is 0.775. The number of fused-ring (bicyclic) bond motifs is 3. The van der Waals surface area contributed by atoms with E-state index in [0.717, 1.165) is 12.2 Å². The van der Waals surface area contributed by atoms with Crippen molar-refractivity contribution in [3.63, 3.8) is 0 Å². The minimum atomic E-state index is -0.169. The number of esters is 1. The van der Waals surface area contributed by atoms with Gasteiger partial charge in [0.2, 0.25) is 0 Å². The summed E-state index contributed by atoms with van der Waals surface area (Å²) in [4.78, 5) is 11.4. The Morgan fingerprint density at radius 2 is 2.16 bits per heavy atom. The van der Waals surface area contributed by atoms with E-state index in [9.17, 15) is 4.79 Å². The highest BCUT2D eigenvalue weighted by molar-refractivity contribution is 5.88. The van der Waals surface area contributed by atoms with Crippen LogP contribution in [0.2, 0.25) is 0 Å². The van der Waals surface area contributed by atoms with Gasteiger partial charge in [0.05, 0.1) is 20.1 Å². The molecule has 1 unspecified atom stereocenters. The van der Waals surface area contributed by atoms with Gasteiger partial charge in [0.15, 0.2) is 0 Å². The molecule has 2 aromatic rings. The molecular weight excluding hydrogens is 240 g/mol. The maximum absolute atomic E-state index is 11.4. The van der Waals surface area contributed by atoms with E-state index < -0.39 is 0 Å². The van der Waals surface area contributed by atoms with Crippen LogP contribution in [0.5, 0.6) is 5.75 Å². The first-order valence-electron chi connectivity index (χ1n) is 6.48. The summed E-state index contributed by atoms with van der Waals surface area (Å²) in [5.41, 5.74) is 1.21. The molecule has 0 saturated carbocycles. The van der Waals surface area contributed by atoms with E-state index in [-0.39, 0.29) is 11.9 Å². The lowest BCUT2D eigenvalue weighted by Gasteiger charge is -2.25. The summed E-state index contributed by atoms with van der Waals surface area (Å²) >= 11 is 0. The van der Waals surface area contributed by atoms with Crippen LogP contribution >= 0.6 is 0 Å². The zero-order chi connectivity index (χ0) is 13.2. The van der Waals surface area contributed by atoms with Crippen molar-refractivity contribution in [1.29, 1.82) is 0 Å². The molecule has 0 aromatic heterocycles. The molecule has 0 saturated heterocycles. The lowest BCUT2D eigenvalue weighted by molar-refractivity contribution is -0.142. The Kier molecular flexibility index (Phi) is 3.11. The second kappa shape index (κ2) is 4.92. The third-order valence-electron chi connectivity index (χ3n) is 3.65. The van der Waals surface area contributed by atoms with Gasteiger partial charge < -0.3 is 9.47 Å². The van der Waals surface area contributed by atoms with Crippen molar-refractivity contribution in [2.45, 2.75) is 12.8 Å².